The number of hydrogen-bond acceptors (Lipinski definition) is 7. The predicted octanol–water partition coefficient (Wildman–Crippen LogP) is 3.60. The van der Waals surface area contributed by atoms with E-state index in [4.69, 9.17) is 11.5 Å². The van der Waals surface area contributed by atoms with Crippen molar-refractivity contribution in [3.8, 4) is 0 Å². The number of thiophene rings is 1. The van der Waals surface area contributed by atoms with Crippen LogP contribution < -0.4 is 32.7 Å². The Morgan fingerprint density at radius 2 is 1.54 bits per heavy atom. The van der Waals surface area contributed by atoms with Gasteiger partial charge in [-0.1, -0.05) is 43.3 Å². The summed E-state index contributed by atoms with van der Waals surface area (Å²) in [7, 11) is 1.79. The van der Waals surface area contributed by atoms with Crippen molar-refractivity contribution in [3.63, 3.8) is 0 Å². The molecule has 0 saturated heterocycles. The van der Waals surface area contributed by atoms with Gasteiger partial charge in [0.05, 0.1) is 11.4 Å². The Morgan fingerprint density at radius 1 is 0.880 bits per heavy atom. The largest absolute Gasteiger partial charge is 0.511 e. The maximum Gasteiger partial charge on any atom is 0.268 e. The zero-order chi connectivity index (χ0) is 36.0. The second-order valence-electron chi connectivity index (χ2n) is 11.9. The lowest BCUT2D eigenvalue weighted by Crippen LogP contribution is -2.48. The summed E-state index contributed by atoms with van der Waals surface area (Å²) >= 11 is 1.35. The van der Waals surface area contributed by atoms with Crippen LogP contribution in [0.15, 0.2) is 77.5 Å². The molecule has 4 aromatic rings. The summed E-state index contributed by atoms with van der Waals surface area (Å²) in [6, 6.07) is 17.2. The van der Waals surface area contributed by atoms with E-state index in [1.165, 1.54) is 11.3 Å². The number of aliphatic hydroxyl groups is 1. The fraction of sp³-hybridized carbons (Fsp3) is 0.361. The van der Waals surface area contributed by atoms with Crippen LogP contribution in [-0.2, 0) is 16.6 Å². The molecule has 4 rings (SSSR count). The molecule has 0 saturated carbocycles. The quantitative estimate of drug-likeness (QED) is 0.0355. The monoisotopic (exact) mass is 702 g/mol. The summed E-state index contributed by atoms with van der Waals surface area (Å²) < 4.78 is 2.75. The third-order valence-corrected chi connectivity index (χ3v) is 9.24. The van der Waals surface area contributed by atoms with Crippen LogP contribution in [0.2, 0.25) is 0 Å². The normalized spacial score (nSPS) is 12.6. The van der Waals surface area contributed by atoms with Gasteiger partial charge in [-0.3, -0.25) is 24.2 Å². The van der Waals surface area contributed by atoms with Crippen molar-refractivity contribution in [3.05, 3.63) is 83.1 Å². The number of para-hydroxylation sites is 1. The molecule has 0 aliphatic heterocycles. The fourth-order valence-corrected chi connectivity index (χ4v) is 6.49. The molecule has 0 spiro atoms. The summed E-state index contributed by atoms with van der Waals surface area (Å²) in [6.07, 6.45) is 4.30. The average Bonchev–Trinajstić information content (AvgIpc) is 3.69. The molecule has 0 bridgehead atoms. The average molecular weight is 703 g/mol. The molecule has 2 aromatic carbocycles. The number of aliphatic imine (C=N–C) groups is 1. The minimum Gasteiger partial charge on any atom is -0.511 e. The molecule has 4 amide bonds. The standard InChI is InChI=1S/C36H46N8O5S/c1-3-11-25(45)22-41-33(47)26(42-34(48)29-20-23-12-4-6-16-28(23)44(29)2)14-8-9-18-39-32(46)27(15-10-19-40-36(37)38)43-35(49)31-21-24-13-5-7-17-30(24)50-31/h4-7,11-13,16-17,20-21,26-27,45H,3,8-10,14-15,18-19,22H2,1-2H3,(H,39,46)(H,41,47)(H,42,48)(H,43,49)(H4,37,38,40)/b25-11+. The van der Waals surface area contributed by atoms with E-state index >= 15 is 0 Å². The molecule has 2 unspecified atom stereocenters. The first-order valence-electron chi connectivity index (χ1n) is 16.7. The van der Waals surface area contributed by atoms with Crippen molar-refractivity contribution in [1.29, 1.82) is 0 Å². The van der Waals surface area contributed by atoms with Gasteiger partial charge in [-0.25, -0.2) is 0 Å². The SMILES string of the molecule is CC/C=C(/O)CNC(=O)C(CCCCNC(=O)C(CCCN=C(N)N)NC(=O)c1cc2ccccc2s1)NC(=O)c1cc2ccccc2n1C. The van der Waals surface area contributed by atoms with Crippen LogP contribution in [0.3, 0.4) is 0 Å². The number of hydrogen-bond donors (Lipinski definition) is 7. The minimum atomic E-state index is -0.880. The number of carbonyl (C=O) groups excluding carboxylic acids is 4. The molecular formula is C36H46N8O5S. The first kappa shape index (κ1) is 37.4. The van der Waals surface area contributed by atoms with E-state index in [-0.39, 0.29) is 36.6 Å². The minimum absolute atomic E-state index is 0.0367. The zero-order valence-corrected chi connectivity index (χ0v) is 29.2. The van der Waals surface area contributed by atoms with E-state index < -0.39 is 23.9 Å². The van der Waals surface area contributed by atoms with Gasteiger partial charge in [0, 0.05) is 35.7 Å². The highest BCUT2D eigenvalue weighted by Crippen LogP contribution is 2.25. The van der Waals surface area contributed by atoms with Gasteiger partial charge in [0.2, 0.25) is 11.8 Å². The van der Waals surface area contributed by atoms with Gasteiger partial charge in [0.1, 0.15) is 23.5 Å². The topological polar surface area (TPSA) is 206 Å². The highest BCUT2D eigenvalue weighted by molar-refractivity contribution is 7.20. The first-order valence-corrected chi connectivity index (χ1v) is 17.5. The maximum atomic E-state index is 13.3. The van der Waals surface area contributed by atoms with E-state index in [0.29, 0.717) is 55.6 Å². The van der Waals surface area contributed by atoms with Gasteiger partial charge in [-0.2, -0.15) is 0 Å². The summed E-state index contributed by atoms with van der Waals surface area (Å²) in [5, 5.41) is 23.2. The number of nitrogens with one attached hydrogen (secondary N) is 4. The molecule has 0 aliphatic rings. The van der Waals surface area contributed by atoms with Crippen LogP contribution in [0.1, 0.15) is 65.6 Å². The molecule has 0 fully saturated rings. The Morgan fingerprint density at radius 3 is 2.24 bits per heavy atom. The highest BCUT2D eigenvalue weighted by atomic mass is 32.1. The zero-order valence-electron chi connectivity index (χ0n) is 28.4. The first-order chi connectivity index (χ1) is 24.1. The van der Waals surface area contributed by atoms with E-state index in [1.54, 1.807) is 29.8 Å². The molecule has 9 N–H and O–H groups in total. The Bertz CT molecular complexity index is 1830. The highest BCUT2D eigenvalue weighted by Gasteiger charge is 2.24. The number of fused-ring (bicyclic) bond motifs is 2. The Balaban J connectivity index is 1.35. The van der Waals surface area contributed by atoms with Gasteiger partial charge < -0.3 is 42.4 Å². The van der Waals surface area contributed by atoms with Crippen LogP contribution in [0.5, 0.6) is 0 Å². The van der Waals surface area contributed by atoms with Gasteiger partial charge in [0.15, 0.2) is 5.96 Å². The van der Waals surface area contributed by atoms with E-state index in [2.05, 4.69) is 26.3 Å². The second-order valence-corrected chi connectivity index (χ2v) is 13.0. The maximum absolute atomic E-state index is 13.3. The van der Waals surface area contributed by atoms with Gasteiger partial charge >= 0.3 is 0 Å². The number of allylic oxidation sites excluding steroid dienone is 1. The van der Waals surface area contributed by atoms with Gasteiger partial charge in [-0.05, 0) is 74.3 Å². The van der Waals surface area contributed by atoms with Crippen LogP contribution in [0.25, 0.3) is 21.0 Å². The number of nitrogens with zero attached hydrogens (tertiary/aromatic N) is 2. The van der Waals surface area contributed by atoms with Crippen molar-refractivity contribution >= 4 is 61.9 Å². The molecular weight excluding hydrogens is 657 g/mol. The number of nitrogens with two attached hydrogens (primary N) is 2. The Kier molecular flexibility index (Phi) is 13.8. The smallest absolute Gasteiger partial charge is 0.268 e. The number of aromatic nitrogens is 1. The van der Waals surface area contributed by atoms with Crippen molar-refractivity contribution in [1.82, 2.24) is 25.8 Å². The number of unbranched alkanes of at least 4 members (excludes halogenated alkanes) is 1. The van der Waals surface area contributed by atoms with Crippen LogP contribution >= 0.6 is 11.3 Å². The number of benzene rings is 2. The summed E-state index contributed by atoms with van der Waals surface area (Å²) in [5.41, 5.74) is 12.2. The number of aliphatic hydroxyl groups excluding tert-OH is 1. The molecule has 2 heterocycles. The summed E-state index contributed by atoms with van der Waals surface area (Å²) in [6.45, 7) is 2.41. The van der Waals surface area contributed by atoms with Gasteiger partial charge in [-0.15, -0.1) is 11.3 Å². The molecule has 13 nitrogen and oxygen atoms in total. The molecule has 14 heteroatoms. The number of guanidine groups is 1. The van der Waals surface area contributed by atoms with Crippen LogP contribution in [0, 0.1) is 0 Å². The molecule has 0 radical (unpaired) electrons. The number of rotatable bonds is 18. The molecule has 266 valence electrons. The van der Waals surface area contributed by atoms with Crippen molar-refractivity contribution in [2.24, 2.45) is 23.5 Å². The van der Waals surface area contributed by atoms with Crippen LogP contribution in [0.4, 0.5) is 0 Å². The van der Waals surface area contributed by atoms with E-state index in [9.17, 15) is 24.3 Å². The Labute approximate surface area is 295 Å². The predicted molar refractivity (Wildman–Crippen MR) is 198 cm³/mol. The third kappa shape index (κ3) is 10.6. The summed E-state index contributed by atoms with van der Waals surface area (Å²) in [5.74, 6) is -1.53. The lowest BCUT2D eigenvalue weighted by molar-refractivity contribution is -0.124. The summed E-state index contributed by atoms with van der Waals surface area (Å²) in [4.78, 5) is 57.4. The van der Waals surface area contributed by atoms with E-state index in [1.807, 2.05) is 55.5 Å². The third-order valence-electron chi connectivity index (χ3n) is 8.12. The van der Waals surface area contributed by atoms with Crippen molar-refractivity contribution in [2.45, 2.75) is 57.5 Å². The number of aryl methyl sites for hydroxylation is 1. The van der Waals surface area contributed by atoms with E-state index in [0.717, 1.165) is 21.0 Å². The Hall–Kier alpha value is -5.37. The number of amides is 4. The molecule has 0 aliphatic carbocycles. The number of carbonyl (C=O) groups is 4. The second kappa shape index (κ2) is 18.4. The van der Waals surface area contributed by atoms with Crippen LogP contribution in [-0.4, -0.2) is 71.0 Å². The fourth-order valence-electron chi connectivity index (χ4n) is 5.52. The molecule has 2 aromatic heterocycles. The van der Waals surface area contributed by atoms with Crippen molar-refractivity contribution < 1.29 is 24.3 Å². The van der Waals surface area contributed by atoms with Gasteiger partial charge in [0.25, 0.3) is 11.8 Å². The molecule has 2 atom stereocenters. The lowest BCUT2D eigenvalue weighted by Gasteiger charge is -2.20. The van der Waals surface area contributed by atoms with Crippen molar-refractivity contribution in [2.75, 3.05) is 19.6 Å². The molecule has 50 heavy (non-hydrogen) atoms. The lowest BCUT2D eigenvalue weighted by atomic mass is 10.1.